The molecule has 2 amide bonds. The van der Waals surface area contributed by atoms with Gasteiger partial charge in [-0.1, -0.05) is 12.1 Å². The van der Waals surface area contributed by atoms with Crippen LogP contribution in [0.2, 0.25) is 0 Å². The molecular weight excluding hydrogens is 324 g/mol. The van der Waals surface area contributed by atoms with Crippen molar-refractivity contribution in [2.24, 2.45) is 7.05 Å². The lowest BCUT2D eigenvalue weighted by molar-refractivity contribution is -0.134. The fourth-order valence-electron chi connectivity index (χ4n) is 2.64. The van der Waals surface area contributed by atoms with Crippen molar-refractivity contribution in [2.45, 2.75) is 26.4 Å². The number of amides is 2. The molecule has 2 N–H and O–H groups in total. The number of aryl methyl sites for hydroxylation is 2. The summed E-state index contributed by atoms with van der Waals surface area (Å²) in [7, 11) is 1.82. The minimum absolute atomic E-state index is 0.0829. The van der Waals surface area contributed by atoms with Crippen molar-refractivity contribution in [1.82, 2.24) is 20.6 Å². The van der Waals surface area contributed by atoms with E-state index in [1.54, 1.807) is 22.9 Å². The zero-order valence-corrected chi connectivity index (χ0v) is 14.3. The molecule has 3 rings (SSSR count). The van der Waals surface area contributed by atoms with Crippen LogP contribution < -0.4 is 20.3 Å². The van der Waals surface area contributed by atoms with E-state index in [1.807, 2.05) is 27.0 Å². The number of fused-ring (bicyclic) bond motifs is 1. The predicted molar refractivity (Wildman–Crippen MR) is 89.0 cm³/mol. The Bertz CT molecular complexity index is 815. The van der Waals surface area contributed by atoms with Crippen LogP contribution in [0.15, 0.2) is 24.3 Å². The minimum atomic E-state index is -0.822. The Morgan fingerprint density at radius 3 is 2.64 bits per heavy atom. The fourth-order valence-corrected chi connectivity index (χ4v) is 2.64. The number of ether oxygens (including phenoxy) is 2. The highest BCUT2D eigenvalue weighted by atomic mass is 16.6. The van der Waals surface area contributed by atoms with Crippen molar-refractivity contribution < 1.29 is 19.1 Å². The molecule has 1 aliphatic heterocycles. The highest BCUT2D eigenvalue weighted by Crippen LogP contribution is 2.30. The molecule has 0 saturated heterocycles. The van der Waals surface area contributed by atoms with Gasteiger partial charge in [0.25, 0.3) is 5.91 Å². The van der Waals surface area contributed by atoms with E-state index in [2.05, 4.69) is 16.0 Å². The summed E-state index contributed by atoms with van der Waals surface area (Å²) >= 11 is 0. The van der Waals surface area contributed by atoms with E-state index in [0.717, 1.165) is 17.0 Å². The topological polar surface area (TPSA) is 94.5 Å². The molecule has 0 spiro atoms. The van der Waals surface area contributed by atoms with E-state index in [-0.39, 0.29) is 18.9 Å². The molecule has 1 unspecified atom stereocenters. The van der Waals surface area contributed by atoms with Crippen LogP contribution in [0, 0.1) is 13.8 Å². The van der Waals surface area contributed by atoms with Gasteiger partial charge >= 0.3 is 0 Å². The van der Waals surface area contributed by atoms with Crippen molar-refractivity contribution in [3.05, 3.63) is 41.2 Å². The van der Waals surface area contributed by atoms with E-state index in [0.29, 0.717) is 11.5 Å². The van der Waals surface area contributed by atoms with Gasteiger partial charge in [-0.3, -0.25) is 25.1 Å². The van der Waals surface area contributed by atoms with Crippen LogP contribution in [0.1, 0.15) is 17.0 Å². The highest BCUT2D eigenvalue weighted by Gasteiger charge is 2.27. The second-order valence-electron chi connectivity index (χ2n) is 5.85. The first kappa shape index (κ1) is 16.8. The molecule has 1 aliphatic rings. The quantitative estimate of drug-likeness (QED) is 0.794. The molecule has 0 aliphatic carbocycles. The van der Waals surface area contributed by atoms with E-state index in [1.165, 1.54) is 0 Å². The summed E-state index contributed by atoms with van der Waals surface area (Å²) in [5, 5.41) is 4.27. The van der Waals surface area contributed by atoms with Gasteiger partial charge in [-0.25, -0.2) is 0 Å². The summed E-state index contributed by atoms with van der Waals surface area (Å²) in [6.07, 6.45) is -0.687. The number of nitrogens with one attached hydrogen (secondary N) is 2. The maximum Gasteiger partial charge on any atom is 0.283 e. The average Bonchev–Trinajstić information content (AvgIpc) is 2.85. The average molecular weight is 344 g/mol. The zero-order chi connectivity index (χ0) is 18.0. The molecule has 8 nitrogen and oxygen atoms in total. The van der Waals surface area contributed by atoms with Gasteiger partial charge in [0.15, 0.2) is 11.5 Å². The zero-order valence-electron chi connectivity index (χ0n) is 14.3. The Kier molecular flexibility index (Phi) is 4.60. The van der Waals surface area contributed by atoms with E-state index in [9.17, 15) is 9.59 Å². The lowest BCUT2D eigenvalue weighted by Crippen LogP contribution is -2.51. The monoisotopic (exact) mass is 344 g/mol. The molecule has 0 bridgehead atoms. The molecule has 25 heavy (non-hydrogen) atoms. The van der Waals surface area contributed by atoms with Crippen LogP contribution in [0.4, 0.5) is 0 Å². The van der Waals surface area contributed by atoms with Gasteiger partial charge in [0.05, 0.1) is 12.1 Å². The predicted octanol–water partition coefficient (Wildman–Crippen LogP) is 0.567. The lowest BCUT2D eigenvalue weighted by Gasteiger charge is -2.25. The number of rotatable bonds is 3. The normalized spacial score (nSPS) is 15.6. The largest absolute Gasteiger partial charge is 0.485 e. The second kappa shape index (κ2) is 6.84. The molecule has 0 saturated carbocycles. The van der Waals surface area contributed by atoms with Gasteiger partial charge in [0.1, 0.15) is 6.61 Å². The molecule has 1 aromatic heterocycles. The van der Waals surface area contributed by atoms with E-state index < -0.39 is 12.0 Å². The first-order valence-corrected chi connectivity index (χ1v) is 7.92. The summed E-state index contributed by atoms with van der Waals surface area (Å²) in [5.41, 5.74) is 7.34. The van der Waals surface area contributed by atoms with Crippen molar-refractivity contribution in [3.63, 3.8) is 0 Å². The summed E-state index contributed by atoms with van der Waals surface area (Å²) in [6.45, 7) is 3.82. The summed E-state index contributed by atoms with van der Waals surface area (Å²) in [6, 6.07) is 7.11. The number of hydrogen-bond donors (Lipinski definition) is 2. The Morgan fingerprint density at radius 1 is 1.24 bits per heavy atom. The number of nitrogens with zero attached hydrogens (tertiary/aromatic N) is 2. The van der Waals surface area contributed by atoms with Gasteiger partial charge in [-0.15, -0.1) is 0 Å². The number of hydrazine groups is 1. The van der Waals surface area contributed by atoms with E-state index in [4.69, 9.17) is 9.47 Å². The lowest BCUT2D eigenvalue weighted by atomic mass is 10.1. The fraction of sp³-hybridized carbons (Fsp3) is 0.353. The van der Waals surface area contributed by atoms with Crippen molar-refractivity contribution >= 4 is 11.8 Å². The molecular formula is C17H20N4O4. The molecule has 8 heteroatoms. The maximum atomic E-state index is 12.2. The Balaban J connectivity index is 1.53. The van der Waals surface area contributed by atoms with E-state index >= 15 is 0 Å². The number of hydrogen-bond acceptors (Lipinski definition) is 5. The summed E-state index contributed by atoms with van der Waals surface area (Å²) in [5.74, 6) is 0.298. The van der Waals surface area contributed by atoms with Gasteiger partial charge in [0, 0.05) is 18.3 Å². The maximum absolute atomic E-state index is 12.2. The van der Waals surface area contributed by atoms with Crippen LogP contribution in [0.25, 0.3) is 0 Å². The second-order valence-corrected chi connectivity index (χ2v) is 5.85. The van der Waals surface area contributed by atoms with Crippen LogP contribution in [-0.2, 0) is 23.1 Å². The van der Waals surface area contributed by atoms with Crippen molar-refractivity contribution in [3.8, 4) is 11.5 Å². The third-order valence-electron chi connectivity index (χ3n) is 4.12. The molecule has 132 valence electrons. The van der Waals surface area contributed by atoms with Crippen LogP contribution in [0.5, 0.6) is 11.5 Å². The minimum Gasteiger partial charge on any atom is -0.485 e. The first-order valence-electron chi connectivity index (χ1n) is 7.92. The van der Waals surface area contributed by atoms with Crippen LogP contribution in [-0.4, -0.2) is 34.3 Å². The summed E-state index contributed by atoms with van der Waals surface area (Å²) in [4.78, 5) is 24.2. The smallest absolute Gasteiger partial charge is 0.283 e. The molecule has 1 aromatic carbocycles. The number of benzene rings is 1. The molecule has 2 heterocycles. The number of aromatic nitrogens is 2. The van der Waals surface area contributed by atoms with Crippen molar-refractivity contribution in [2.75, 3.05) is 6.61 Å². The summed E-state index contributed by atoms with van der Waals surface area (Å²) < 4.78 is 12.8. The Morgan fingerprint density at radius 2 is 1.96 bits per heavy atom. The Labute approximate surface area is 145 Å². The number of carbonyl (C=O) groups excluding carboxylic acids is 2. The molecule has 0 fully saturated rings. The number of para-hydroxylation sites is 2. The van der Waals surface area contributed by atoms with Crippen LogP contribution >= 0.6 is 0 Å². The third-order valence-corrected chi connectivity index (χ3v) is 4.12. The highest BCUT2D eigenvalue weighted by molar-refractivity contribution is 5.86. The molecule has 2 aromatic rings. The molecule has 1 atom stereocenters. The molecule has 0 radical (unpaired) electrons. The SMILES string of the molecule is Cc1nn(C)c(C)c1CC(=O)NNC(=O)C1COc2ccccc2O1. The Hall–Kier alpha value is -3.03. The third kappa shape index (κ3) is 3.57. The van der Waals surface area contributed by atoms with Crippen LogP contribution in [0.3, 0.4) is 0 Å². The van der Waals surface area contributed by atoms with Gasteiger partial charge < -0.3 is 9.47 Å². The van der Waals surface area contributed by atoms with Gasteiger partial charge in [-0.2, -0.15) is 5.10 Å². The standard InChI is InChI=1S/C17H20N4O4/c1-10-12(11(2)21(3)20-10)8-16(22)18-19-17(23)15-9-24-13-6-4-5-7-14(13)25-15/h4-7,15H,8-9H2,1-3H3,(H,18,22)(H,19,23). The van der Waals surface area contributed by atoms with Crippen molar-refractivity contribution in [1.29, 1.82) is 0 Å². The first-order chi connectivity index (χ1) is 12.0. The number of carbonyl (C=O) groups is 2. The van der Waals surface area contributed by atoms with Gasteiger partial charge in [-0.05, 0) is 26.0 Å². The van der Waals surface area contributed by atoms with Gasteiger partial charge in [0.2, 0.25) is 12.0 Å².